The summed E-state index contributed by atoms with van der Waals surface area (Å²) >= 11 is 1.73. The average Bonchev–Trinajstić information content (AvgIpc) is 2.66. The van der Waals surface area contributed by atoms with Crippen LogP contribution >= 0.6 is 11.3 Å². The van der Waals surface area contributed by atoms with Crippen LogP contribution in [0.4, 0.5) is 5.13 Å². The smallest absolute Gasteiger partial charge is 0.185 e. The lowest BCUT2D eigenvalue weighted by Crippen LogP contribution is -2.22. The van der Waals surface area contributed by atoms with E-state index < -0.39 is 0 Å². The van der Waals surface area contributed by atoms with Gasteiger partial charge in [0.1, 0.15) is 0 Å². The van der Waals surface area contributed by atoms with Crippen LogP contribution in [0.2, 0.25) is 0 Å². The molecule has 0 radical (unpaired) electrons. The summed E-state index contributed by atoms with van der Waals surface area (Å²) in [6.07, 6.45) is 2.19. The zero-order valence-electron chi connectivity index (χ0n) is 9.21. The van der Waals surface area contributed by atoms with Crippen molar-refractivity contribution in [2.75, 3.05) is 32.1 Å². The van der Waals surface area contributed by atoms with Gasteiger partial charge in [-0.1, -0.05) is 6.92 Å². The van der Waals surface area contributed by atoms with E-state index in [1.165, 1.54) is 5.69 Å². The highest BCUT2D eigenvalue weighted by molar-refractivity contribution is 7.13. The summed E-state index contributed by atoms with van der Waals surface area (Å²) in [6, 6.07) is 0. The first-order valence-electron chi connectivity index (χ1n) is 5.08. The molecule has 0 aromatic carbocycles. The number of rotatable bonds is 6. The van der Waals surface area contributed by atoms with Gasteiger partial charge in [-0.25, -0.2) is 4.98 Å². The van der Waals surface area contributed by atoms with Crippen LogP contribution in [0.5, 0.6) is 0 Å². The summed E-state index contributed by atoms with van der Waals surface area (Å²) in [5.41, 5.74) is 1.20. The first-order chi connectivity index (χ1) is 6.77. The number of anilines is 1. The molecule has 0 spiro atoms. The Morgan fingerprint density at radius 1 is 1.57 bits per heavy atom. The lowest BCUT2D eigenvalue weighted by atomic mass is 10.4. The Bertz CT molecular complexity index is 260. The molecule has 1 aromatic rings. The maximum Gasteiger partial charge on any atom is 0.185 e. The minimum absolute atomic E-state index is 1.03. The van der Waals surface area contributed by atoms with E-state index in [1.807, 2.05) is 7.05 Å². The molecule has 0 atom stereocenters. The summed E-state index contributed by atoms with van der Waals surface area (Å²) < 4.78 is 0. The monoisotopic (exact) mass is 213 g/mol. The molecule has 0 aliphatic carbocycles. The fourth-order valence-corrected chi connectivity index (χ4v) is 2.12. The minimum atomic E-state index is 1.03. The van der Waals surface area contributed by atoms with Gasteiger partial charge in [0.25, 0.3) is 0 Å². The van der Waals surface area contributed by atoms with Crippen molar-refractivity contribution in [1.82, 2.24) is 10.3 Å². The number of nitrogens with zero attached hydrogens (tertiary/aromatic N) is 2. The number of thiazole rings is 1. The molecule has 0 aliphatic heterocycles. The molecule has 14 heavy (non-hydrogen) atoms. The van der Waals surface area contributed by atoms with Crippen molar-refractivity contribution in [1.29, 1.82) is 0 Å². The highest BCUT2D eigenvalue weighted by Gasteiger charge is 2.04. The molecular formula is C10H19N3S. The molecule has 0 aliphatic rings. The largest absolute Gasteiger partial charge is 0.351 e. The number of hydrogen-bond acceptors (Lipinski definition) is 4. The topological polar surface area (TPSA) is 28.2 Å². The summed E-state index contributed by atoms with van der Waals surface area (Å²) in [6.45, 7) is 4.27. The van der Waals surface area contributed by atoms with Crippen LogP contribution in [-0.4, -0.2) is 32.2 Å². The zero-order chi connectivity index (χ0) is 10.4. The molecule has 4 heteroatoms. The van der Waals surface area contributed by atoms with Gasteiger partial charge in [-0.2, -0.15) is 0 Å². The van der Waals surface area contributed by atoms with E-state index in [4.69, 9.17) is 0 Å². The highest BCUT2D eigenvalue weighted by atomic mass is 32.1. The van der Waals surface area contributed by atoms with Crippen molar-refractivity contribution in [2.45, 2.75) is 19.8 Å². The molecular weight excluding hydrogens is 194 g/mol. The number of nitrogens with one attached hydrogen (secondary N) is 1. The standard InChI is InChI=1S/C10H19N3S/c1-4-9-8-14-10(12-9)13(3)7-5-6-11-2/h8,11H,4-7H2,1-3H3. The summed E-state index contributed by atoms with van der Waals surface area (Å²) in [7, 11) is 4.09. The molecule has 0 unspecified atom stereocenters. The predicted molar refractivity (Wildman–Crippen MR) is 63.3 cm³/mol. The molecule has 1 aromatic heterocycles. The molecule has 0 bridgehead atoms. The summed E-state index contributed by atoms with van der Waals surface area (Å²) in [5, 5.41) is 6.43. The van der Waals surface area contributed by atoms with Gasteiger partial charge in [0.2, 0.25) is 0 Å². The Hall–Kier alpha value is -0.610. The fraction of sp³-hybridized carbons (Fsp3) is 0.700. The third-order valence-corrected chi connectivity index (χ3v) is 3.15. The van der Waals surface area contributed by atoms with E-state index >= 15 is 0 Å². The Morgan fingerprint density at radius 2 is 2.36 bits per heavy atom. The van der Waals surface area contributed by atoms with Crippen molar-refractivity contribution in [2.24, 2.45) is 0 Å². The maximum atomic E-state index is 4.53. The van der Waals surface area contributed by atoms with Crippen LogP contribution in [0, 0.1) is 0 Å². The third-order valence-electron chi connectivity index (χ3n) is 2.15. The van der Waals surface area contributed by atoms with Gasteiger partial charge in [0, 0.05) is 19.0 Å². The van der Waals surface area contributed by atoms with Crippen molar-refractivity contribution in [3.05, 3.63) is 11.1 Å². The van der Waals surface area contributed by atoms with Gasteiger partial charge in [-0.05, 0) is 26.4 Å². The second-order valence-electron chi connectivity index (χ2n) is 3.35. The zero-order valence-corrected chi connectivity index (χ0v) is 10.0. The van der Waals surface area contributed by atoms with Gasteiger partial charge in [-0.15, -0.1) is 11.3 Å². The number of aromatic nitrogens is 1. The van der Waals surface area contributed by atoms with Gasteiger partial charge in [0.05, 0.1) is 5.69 Å². The van der Waals surface area contributed by atoms with Gasteiger partial charge < -0.3 is 10.2 Å². The third kappa shape index (κ3) is 3.27. The second kappa shape index (κ2) is 5.98. The lowest BCUT2D eigenvalue weighted by molar-refractivity contribution is 0.711. The van der Waals surface area contributed by atoms with Crippen molar-refractivity contribution >= 4 is 16.5 Å². The Kier molecular flexibility index (Phi) is 4.90. The molecule has 1 rings (SSSR count). The van der Waals surface area contributed by atoms with Crippen LogP contribution in [0.25, 0.3) is 0 Å². The van der Waals surface area contributed by atoms with E-state index in [0.717, 1.165) is 31.1 Å². The maximum absolute atomic E-state index is 4.53. The Labute approximate surface area is 90.2 Å². The SMILES string of the molecule is CCc1csc(N(C)CCCNC)n1. The molecule has 80 valence electrons. The summed E-state index contributed by atoms with van der Waals surface area (Å²) in [5.74, 6) is 0. The van der Waals surface area contributed by atoms with Gasteiger partial charge >= 0.3 is 0 Å². The minimum Gasteiger partial charge on any atom is -0.351 e. The average molecular weight is 213 g/mol. The second-order valence-corrected chi connectivity index (χ2v) is 4.19. The van der Waals surface area contributed by atoms with E-state index in [2.05, 4.69) is 34.6 Å². The Balaban J connectivity index is 2.39. The van der Waals surface area contributed by atoms with Crippen LogP contribution < -0.4 is 10.2 Å². The molecule has 0 fully saturated rings. The van der Waals surface area contributed by atoms with Crippen molar-refractivity contribution in [3.8, 4) is 0 Å². The first kappa shape index (κ1) is 11.5. The first-order valence-corrected chi connectivity index (χ1v) is 5.96. The molecule has 1 heterocycles. The summed E-state index contributed by atoms with van der Waals surface area (Å²) in [4.78, 5) is 6.75. The van der Waals surface area contributed by atoms with E-state index in [-0.39, 0.29) is 0 Å². The normalized spacial score (nSPS) is 10.5. The molecule has 0 amide bonds. The van der Waals surface area contributed by atoms with Crippen LogP contribution in [-0.2, 0) is 6.42 Å². The molecule has 0 saturated carbocycles. The molecule has 3 nitrogen and oxygen atoms in total. The molecule has 0 saturated heterocycles. The van der Waals surface area contributed by atoms with Crippen LogP contribution in [0.1, 0.15) is 19.0 Å². The van der Waals surface area contributed by atoms with Crippen LogP contribution in [0.15, 0.2) is 5.38 Å². The molecule has 1 N–H and O–H groups in total. The Morgan fingerprint density at radius 3 is 2.93 bits per heavy atom. The fourth-order valence-electron chi connectivity index (χ4n) is 1.22. The predicted octanol–water partition coefficient (Wildman–Crippen LogP) is 1.75. The number of aryl methyl sites for hydroxylation is 1. The van der Waals surface area contributed by atoms with Crippen LogP contribution in [0.3, 0.4) is 0 Å². The van der Waals surface area contributed by atoms with Gasteiger partial charge in [-0.3, -0.25) is 0 Å². The number of hydrogen-bond donors (Lipinski definition) is 1. The van der Waals surface area contributed by atoms with Crippen molar-refractivity contribution in [3.63, 3.8) is 0 Å². The highest BCUT2D eigenvalue weighted by Crippen LogP contribution is 2.19. The van der Waals surface area contributed by atoms with Gasteiger partial charge in [0.15, 0.2) is 5.13 Å². The van der Waals surface area contributed by atoms with E-state index in [0.29, 0.717) is 0 Å². The van der Waals surface area contributed by atoms with E-state index in [9.17, 15) is 0 Å². The van der Waals surface area contributed by atoms with Crippen molar-refractivity contribution < 1.29 is 0 Å². The quantitative estimate of drug-likeness (QED) is 0.730. The van der Waals surface area contributed by atoms with E-state index in [1.54, 1.807) is 11.3 Å². The lowest BCUT2D eigenvalue weighted by Gasteiger charge is -2.14.